The first-order valence-corrected chi connectivity index (χ1v) is 4.51. The Morgan fingerprint density at radius 3 is 2.50 bits per heavy atom. The van der Waals surface area contributed by atoms with E-state index in [1.807, 2.05) is 6.07 Å². The Morgan fingerprint density at radius 2 is 2.00 bits per heavy atom. The number of hydrogen-bond acceptors (Lipinski definition) is 4. The Hall–Kier alpha value is -1.95. The number of benzene rings is 1. The van der Waals surface area contributed by atoms with Crippen LogP contribution in [0.3, 0.4) is 0 Å². The summed E-state index contributed by atoms with van der Waals surface area (Å²) in [7, 11) is 0. The molecule has 82 valence electrons. The van der Waals surface area contributed by atoms with Crippen LogP contribution >= 0.6 is 0 Å². The fourth-order valence-corrected chi connectivity index (χ4v) is 1.25. The Bertz CT molecular complexity index is 462. The Kier molecular flexibility index (Phi) is 3.96. The summed E-state index contributed by atoms with van der Waals surface area (Å²) in [5, 5.41) is 35.2. The first kappa shape index (κ1) is 12.1. The lowest BCUT2D eigenvalue weighted by molar-refractivity contribution is 0.0503. The molecule has 2 unspecified atom stereocenters. The van der Waals surface area contributed by atoms with Crippen molar-refractivity contribution < 1.29 is 14.6 Å². The molecule has 0 heterocycles. The topological polar surface area (TPSA) is 88.0 Å². The van der Waals surface area contributed by atoms with E-state index in [4.69, 9.17) is 15.6 Å². The molecule has 5 heteroatoms. The monoisotopic (exact) mass is 220 g/mol. The van der Waals surface area contributed by atoms with Gasteiger partial charge < -0.3 is 10.2 Å². The van der Waals surface area contributed by atoms with Crippen molar-refractivity contribution in [1.82, 2.24) is 0 Å². The lowest BCUT2D eigenvalue weighted by Crippen LogP contribution is -2.17. The molecule has 0 amide bonds. The minimum Gasteiger partial charge on any atom is -0.384 e. The fourth-order valence-electron chi connectivity index (χ4n) is 1.25. The number of halogens is 1. The lowest BCUT2D eigenvalue weighted by Gasteiger charge is -2.13. The molecule has 0 radical (unpaired) electrons. The minimum absolute atomic E-state index is 0.0636. The van der Waals surface area contributed by atoms with Crippen LogP contribution in [0.15, 0.2) is 18.2 Å². The lowest BCUT2D eigenvalue weighted by atomic mass is 10.0. The zero-order chi connectivity index (χ0) is 12.1. The standard InChI is InChI=1S/C11H9FN2O2/c12-9-5-7(3-4-13)1-2-8(9)11(16)10(15)6-14/h1-2,5,10-11,15-16H,3H2. The first-order valence-electron chi connectivity index (χ1n) is 4.51. The normalized spacial score (nSPS) is 13.6. The molecule has 1 aromatic carbocycles. The molecular weight excluding hydrogens is 211 g/mol. The summed E-state index contributed by atoms with van der Waals surface area (Å²) in [6, 6.07) is 7.11. The summed E-state index contributed by atoms with van der Waals surface area (Å²) < 4.78 is 13.4. The Balaban J connectivity index is 3.00. The van der Waals surface area contributed by atoms with E-state index in [1.54, 1.807) is 0 Å². The molecule has 0 aromatic heterocycles. The largest absolute Gasteiger partial charge is 0.384 e. The van der Waals surface area contributed by atoms with Crippen LogP contribution in [0.1, 0.15) is 17.2 Å². The SMILES string of the molecule is N#CCc1ccc(C(O)C(O)C#N)c(F)c1. The highest BCUT2D eigenvalue weighted by Crippen LogP contribution is 2.21. The van der Waals surface area contributed by atoms with Gasteiger partial charge in [0.25, 0.3) is 0 Å². The van der Waals surface area contributed by atoms with Gasteiger partial charge in [0.2, 0.25) is 0 Å². The van der Waals surface area contributed by atoms with Gasteiger partial charge in [-0.15, -0.1) is 0 Å². The van der Waals surface area contributed by atoms with E-state index in [0.29, 0.717) is 5.56 Å². The molecule has 0 spiro atoms. The first-order chi connectivity index (χ1) is 7.60. The van der Waals surface area contributed by atoms with E-state index in [2.05, 4.69) is 0 Å². The molecule has 0 saturated carbocycles. The minimum atomic E-state index is -1.67. The molecule has 0 aliphatic heterocycles. The fraction of sp³-hybridized carbons (Fsp3) is 0.273. The predicted octanol–water partition coefficient (Wildman–Crippen LogP) is 0.810. The number of nitrogens with zero attached hydrogens (tertiary/aromatic N) is 2. The van der Waals surface area contributed by atoms with Crippen LogP contribution in [0.5, 0.6) is 0 Å². The summed E-state index contributed by atoms with van der Waals surface area (Å²) in [5.74, 6) is -0.741. The molecule has 4 nitrogen and oxygen atoms in total. The molecule has 0 aliphatic carbocycles. The zero-order valence-electron chi connectivity index (χ0n) is 8.26. The van der Waals surface area contributed by atoms with E-state index in [-0.39, 0.29) is 12.0 Å². The summed E-state index contributed by atoms with van der Waals surface area (Å²) in [4.78, 5) is 0. The predicted molar refractivity (Wildman–Crippen MR) is 52.3 cm³/mol. The quantitative estimate of drug-likeness (QED) is 0.738. The van der Waals surface area contributed by atoms with Gasteiger partial charge in [-0.1, -0.05) is 12.1 Å². The van der Waals surface area contributed by atoms with E-state index in [1.165, 1.54) is 18.2 Å². The number of aliphatic hydroxyl groups excluding tert-OH is 2. The number of nitriles is 2. The second kappa shape index (κ2) is 5.22. The third kappa shape index (κ3) is 2.54. The van der Waals surface area contributed by atoms with Crippen LogP contribution in [0.2, 0.25) is 0 Å². The van der Waals surface area contributed by atoms with Crippen molar-refractivity contribution >= 4 is 0 Å². The van der Waals surface area contributed by atoms with Crippen molar-refractivity contribution in [3.8, 4) is 12.1 Å². The number of rotatable bonds is 3. The second-order valence-electron chi connectivity index (χ2n) is 3.21. The van der Waals surface area contributed by atoms with Crippen LogP contribution < -0.4 is 0 Å². The molecule has 2 atom stereocenters. The second-order valence-corrected chi connectivity index (χ2v) is 3.21. The van der Waals surface area contributed by atoms with Crippen molar-refractivity contribution in [3.63, 3.8) is 0 Å². The van der Waals surface area contributed by atoms with Crippen molar-refractivity contribution in [1.29, 1.82) is 10.5 Å². The van der Waals surface area contributed by atoms with Gasteiger partial charge in [-0.3, -0.25) is 0 Å². The summed E-state index contributed by atoms with van der Waals surface area (Å²) in [6.07, 6.45) is -3.19. The van der Waals surface area contributed by atoms with E-state index in [9.17, 15) is 9.50 Å². The average molecular weight is 220 g/mol. The molecular formula is C11H9FN2O2. The van der Waals surface area contributed by atoms with Gasteiger partial charge >= 0.3 is 0 Å². The van der Waals surface area contributed by atoms with Gasteiger partial charge in [0.1, 0.15) is 11.9 Å². The number of aliphatic hydroxyl groups is 2. The Labute approximate surface area is 91.8 Å². The van der Waals surface area contributed by atoms with Gasteiger partial charge in [0.15, 0.2) is 6.10 Å². The molecule has 16 heavy (non-hydrogen) atoms. The van der Waals surface area contributed by atoms with Crippen LogP contribution in [-0.2, 0) is 6.42 Å². The third-order valence-electron chi connectivity index (χ3n) is 2.10. The highest BCUT2D eigenvalue weighted by atomic mass is 19.1. The molecule has 0 fully saturated rings. The van der Waals surface area contributed by atoms with E-state index < -0.39 is 18.0 Å². The summed E-state index contributed by atoms with van der Waals surface area (Å²) >= 11 is 0. The van der Waals surface area contributed by atoms with Crippen LogP contribution in [0.4, 0.5) is 4.39 Å². The van der Waals surface area contributed by atoms with Crippen molar-refractivity contribution in [2.24, 2.45) is 0 Å². The van der Waals surface area contributed by atoms with Gasteiger partial charge in [0.05, 0.1) is 18.6 Å². The van der Waals surface area contributed by atoms with Crippen LogP contribution in [0, 0.1) is 28.5 Å². The maximum absolute atomic E-state index is 13.4. The van der Waals surface area contributed by atoms with Crippen LogP contribution in [-0.4, -0.2) is 16.3 Å². The van der Waals surface area contributed by atoms with E-state index >= 15 is 0 Å². The Morgan fingerprint density at radius 1 is 1.31 bits per heavy atom. The van der Waals surface area contributed by atoms with Gasteiger partial charge in [-0.05, 0) is 11.6 Å². The van der Waals surface area contributed by atoms with Gasteiger partial charge in [-0.25, -0.2) is 4.39 Å². The van der Waals surface area contributed by atoms with Crippen molar-refractivity contribution in [3.05, 3.63) is 35.1 Å². The zero-order valence-corrected chi connectivity index (χ0v) is 8.26. The summed E-state index contributed by atoms with van der Waals surface area (Å²) in [5.41, 5.74) is 0.318. The molecule has 0 saturated heterocycles. The maximum Gasteiger partial charge on any atom is 0.170 e. The van der Waals surface area contributed by atoms with Gasteiger partial charge in [-0.2, -0.15) is 10.5 Å². The smallest absolute Gasteiger partial charge is 0.170 e. The van der Waals surface area contributed by atoms with E-state index in [0.717, 1.165) is 6.07 Å². The molecule has 2 N–H and O–H groups in total. The average Bonchev–Trinajstić information content (AvgIpc) is 2.28. The highest BCUT2D eigenvalue weighted by Gasteiger charge is 2.21. The maximum atomic E-state index is 13.4. The molecule has 1 rings (SSSR count). The van der Waals surface area contributed by atoms with Gasteiger partial charge in [0, 0.05) is 5.56 Å². The third-order valence-corrected chi connectivity index (χ3v) is 2.10. The summed E-state index contributed by atoms with van der Waals surface area (Å²) in [6.45, 7) is 0. The number of hydrogen-bond donors (Lipinski definition) is 2. The van der Waals surface area contributed by atoms with Crippen LogP contribution in [0.25, 0.3) is 0 Å². The molecule has 0 bridgehead atoms. The molecule has 1 aromatic rings. The molecule has 0 aliphatic rings. The highest BCUT2D eigenvalue weighted by molar-refractivity contribution is 5.29. The van der Waals surface area contributed by atoms with Crippen molar-refractivity contribution in [2.45, 2.75) is 18.6 Å². The van der Waals surface area contributed by atoms with Crippen molar-refractivity contribution in [2.75, 3.05) is 0 Å².